The Hall–Kier alpha value is -1.13. The van der Waals surface area contributed by atoms with Crippen LogP contribution >= 0.6 is 0 Å². The van der Waals surface area contributed by atoms with Gasteiger partial charge in [-0.1, -0.05) is 6.92 Å². The Balaban J connectivity index is 1.83. The Bertz CT molecular complexity index is 403. The third-order valence-electron chi connectivity index (χ3n) is 3.83. The number of hydrogen-bond acceptors (Lipinski definition) is 3. The predicted octanol–water partition coefficient (Wildman–Crippen LogP) is 2.35. The molecule has 0 spiro atoms. The van der Waals surface area contributed by atoms with Gasteiger partial charge >= 0.3 is 0 Å². The number of phenols is 1. The largest absolute Gasteiger partial charge is 0.508 e. The van der Waals surface area contributed by atoms with Gasteiger partial charge in [0.05, 0.1) is 0 Å². The van der Waals surface area contributed by atoms with E-state index in [0.29, 0.717) is 12.1 Å². The first-order valence-electron chi connectivity index (χ1n) is 7.09. The molecule has 1 aliphatic heterocycles. The lowest BCUT2D eigenvalue weighted by molar-refractivity contribution is 0.174. The Morgan fingerprint density at radius 1 is 1.37 bits per heavy atom. The van der Waals surface area contributed by atoms with E-state index in [-0.39, 0.29) is 11.6 Å². The lowest BCUT2D eigenvalue weighted by Gasteiger charge is -2.32. The minimum absolute atomic E-state index is 0.191. The zero-order valence-corrected chi connectivity index (χ0v) is 11.5. The Morgan fingerprint density at radius 2 is 2.11 bits per heavy atom. The van der Waals surface area contributed by atoms with Crippen molar-refractivity contribution >= 4 is 0 Å². The second kappa shape index (κ2) is 6.87. The summed E-state index contributed by atoms with van der Waals surface area (Å²) in [6, 6.07) is 4.16. The number of nitrogens with zero attached hydrogens (tertiary/aromatic N) is 1. The Kier molecular flexibility index (Phi) is 5.16. The number of phenolic OH excluding ortho intramolecular Hbond substituents is 1. The lowest BCUT2D eigenvalue weighted by atomic mass is 9.96. The normalized spacial score (nSPS) is 17.8. The Morgan fingerprint density at radius 3 is 2.79 bits per heavy atom. The van der Waals surface area contributed by atoms with Crippen molar-refractivity contribution in [1.29, 1.82) is 0 Å². The van der Waals surface area contributed by atoms with Gasteiger partial charge in [0.2, 0.25) is 0 Å². The molecule has 2 rings (SSSR count). The fourth-order valence-electron chi connectivity index (χ4n) is 2.62. The first-order chi connectivity index (χ1) is 9.19. The highest BCUT2D eigenvalue weighted by Gasteiger charge is 2.19. The number of hydrogen-bond donors (Lipinski definition) is 2. The molecule has 19 heavy (non-hydrogen) atoms. The zero-order chi connectivity index (χ0) is 13.7. The van der Waals surface area contributed by atoms with E-state index in [4.69, 9.17) is 0 Å². The summed E-state index contributed by atoms with van der Waals surface area (Å²) in [5.74, 6) is 0.656. The van der Waals surface area contributed by atoms with Gasteiger partial charge in [0.25, 0.3) is 0 Å². The molecule has 1 aromatic rings. The van der Waals surface area contributed by atoms with E-state index in [1.165, 1.54) is 31.0 Å². The highest BCUT2D eigenvalue weighted by Crippen LogP contribution is 2.23. The molecule has 3 nitrogen and oxygen atoms in total. The molecule has 4 heteroatoms. The first kappa shape index (κ1) is 14.3. The Labute approximate surface area is 114 Å². The third kappa shape index (κ3) is 4.18. The summed E-state index contributed by atoms with van der Waals surface area (Å²) in [7, 11) is 0. The van der Waals surface area contributed by atoms with E-state index in [2.05, 4.69) is 17.1 Å². The van der Waals surface area contributed by atoms with Gasteiger partial charge in [0, 0.05) is 12.1 Å². The van der Waals surface area contributed by atoms with E-state index < -0.39 is 0 Å². The van der Waals surface area contributed by atoms with Crippen molar-refractivity contribution in [3.05, 3.63) is 29.6 Å². The van der Waals surface area contributed by atoms with Crippen molar-refractivity contribution in [3.8, 4) is 5.75 Å². The van der Waals surface area contributed by atoms with Gasteiger partial charge in [-0.25, -0.2) is 4.39 Å². The molecule has 1 heterocycles. The maximum absolute atomic E-state index is 13.2. The molecule has 1 aromatic carbocycles. The molecule has 0 unspecified atom stereocenters. The average molecular weight is 266 g/mol. The second-order valence-electron chi connectivity index (χ2n) is 5.30. The smallest absolute Gasteiger partial charge is 0.123 e. The zero-order valence-electron chi connectivity index (χ0n) is 11.5. The highest BCUT2D eigenvalue weighted by atomic mass is 19.1. The standard InChI is InChI=1S/C15H23FN2O/c1-2-17-10-12-5-7-18(8-6-12)11-13-9-14(16)3-4-15(13)19/h3-4,9,12,17,19H,2,5-8,10-11H2,1H3. The maximum atomic E-state index is 13.2. The SMILES string of the molecule is CCNCC1CCN(Cc2cc(F)ccc2O)CC1. The molecule has 1 fully saturated rings. The molecule has 0 saturated carbocycles. The molecule has 1 saturated heterocycles. The fourth-order valence-corrected chi connectivity index (χ4v) is 2.62. The van der Waals surface area contributed by atoms with Crippen molar-refractivity contribution in [2.75, 3.05) is 26.2 Å². The third-order valence-corrected chi connectivity index (χ3v) is 3.83. The van der Waals surface area contributed by atoms with Crippen LogP contribution in [-0.4, -0.2) is 36.2 Å². The summed E-state index contributed by atoms with van der Waals surface area (Å²) in [5.41, 5.74) is 0.685. The van der Waals surface area contributed by atoms with Crippen LogP contribution in [0.4, 0.5) is 4.39 Å². The summed E-state index contributed by atoms with van der Waals surface area (Å²) in [6.07, 6.45) is 2.34. The van der Waals surface area contributed by atoms with Gasteiger partial charge in [-0.05, 0) is 63.1 Å². The van der Waals surface area contributed by atoms with Crippen molar-refractivity contribution in [1.82, 2.24) is 10.2 Å². The van der Waals surface area contributed by atoms with Crippen molar-refractivity contribution in [2.24, 2.45) is 5.92 Å². The topological polar surface area (TPSA) is 35.5 Å². The molecule has 0 aliphatic carbocycles. The average Bonchev–Trinajstić information content (AvgIpc) is 2.42. The van der Waals surface area contributed by atoms with Crippen LogP contribution in [0.3, 0.4) is 0 Å². The van der Waals surface area contributed by atoms with Gasteiger partial charge in [0.1, 0.15) is 11.6 Å². The van der Waals surface area contributed by atoms with Crippen LogP contribution in [0.1, 0.15) is 25.3 Å². The van der Waals surface area contributed by atoms with E-state index in [1.807, 2.05) is 0 Å². The fraction of sp³-hybridized carbons (Fsp3) is 0.600. The summed E-state index contributed by atoms with van der Waals surface area (Å²) >= 11 is 0. The van der Waals surface area contributed by atoms with Gasteiger partial charge in [-0.2, -0.15) is 0 Å². The van der Waals surface area contributed by atoms with Crippen LogP contribution in [0, 0.1) is 11.7 Å². The summed E-state index contributed by atoms with van der Waals surface area (Å²) < 4.78 is 13.2. The molecule has 0 radical (unpaired) electrons. The summed E-state index contributed by atoms with van der Waals surface area (Å²) in [4.78, 5) is 2.29. The molecule has 0 amide bonds. The first-order valence-corrected chi connectivity index (χ1v) is 7.09. The highest BCUT2D eigenvalue weighted by molar-refractivity contribution is 5.32. The number of halogens is 1. The number of aromatic hydroxyl groups is 1. The molecule has 0 bridgehead atoms. The van der Waals surface area contributed by atoms with E-state index in [0.717, 1.165) is 32.1 Å². The minimum atomic E-state index is -0.283. The minimum Gasteiger partial charge on any atom is -0.508 e. The molecular weight excluding hydrogens is 243 g/mol. The predicted molar refractivity (Wildman–Crippen MR) is 74.6 cm³/mol. The van der Waals surface area contributed by atoms with Gasteiger partial charge < -0.3 is 10.4 Å². The molecule has 0 aromatic heterocycles. The van der Waals surface area contributed by atoms with Crippen molar-refractivity contribution < 1.29 is 9.50 Å². The lowest BCUT2D eigenvalue weighted by Crippen LogP contribution is -2.36. The second-order valence-corrected chi connectivity index (χ2v) is 5.30. The summed E-state index contributed by atoms with van der Waals surface area (Å²) in [5, 5.41) is 13.1. The number of rotatable bonds is 5. The van der Waals surface area contributed by atoms with E-state index in [9.17, 15) is 9.50 Å². The van der Waals surface area contributed by atoms with Gasteiger partial charge in [-0.3, -0.25) is 4.90 Å². The van der Waals surface area contributed by atoms with Gasteiger partial charge in [-0.15, -0.1) is 0 Å². The monoisotopic (exact) mass is 266 g/mol. The van der Waals surface area contributed by atoms with E-state index in [1.54, 1.807) is 0 Å². The number of nitrogens with one attached hydrogen (secondary N) is 1. The van der Waals surface area contributed by atoms with Crippen LogP contribution < -0.4 is 5.32 Å². The van der Waals surface area contributed by atoms with Crippen LogP contribution in [0.2, 0.25) is 0 Å². The quantitative estimate of drug-likeness (QED) is 0.859. The maximum Gasteiger partial charge on any atom is 0.123 e. The number of likely N-dealkylation sites (tertiary alicyclic amines) is 1. The van der Waals surface area contributed by atoms with Gasteiger partial charge in [0.15, 0.2) is 0 Å². The molecule has 0 atom stereocenters. The molecule has 2 N–H and O–H groups in total. The molecule has 106 valence electrons. The van der Waals surface area contributed by atoms with Crippen LogP contribution in [0.5, 0.6) is 5.75 Å². The number of piperidine rings is 1. The van der Waals surface area contributed by atoms with E-state index >= 15 is 0 Å². The summed E-state index contributed by atoms with van der Waals surface area (Å²) in [6.45, 7) is 6.92. The van der Waals surface area contributed by atoms with Crippen LogP contribution in [0.15, 0.2) is 18.2 Å². The van der Waals surface area contributed by atoms with Crippen molar-refractivity contribution in [2.45, 2.75) is 26.3 Å². The van der Waals surface area contributed by atoms with Crippen LogP contribution in [0.25, 0.3) is 0 Å². The number of benzene rings is 1. The molecular formula is C15H23FN2O. The molecule has 1 aliphatic rings. The van der Waals surface area contributed by atoms with Crippen LogP contribution in [-0.2, 0) is 6.54 Å². The van der Waals surface area contributed by atoms with Crippen molar-refractivity contribution in [3.63, 3.8) is 0 Å².